The van der Waals surface area contributed by atoms with Crippen molar-refractivity contribution in [1.82, 2.24) is 9.97 Å². The largest absolute Gasteiger partial charge is 0.349 e. The summed E-state index contributed by atoms with van der Waals surface area (Å²) in [4.78, 5) is 18.3. The molecule has 3 heteroatoms. The molecule has 0 spiro atoms. The predicted octanol–water partition coefficient (Wildman–Crippen LogP) is 1.96. The highest BCUT2D eigenvalue weighted by Crippen LogP contribution is 2.04. The summed E-state index contributed by atoms with van der Waals surface area (Å²) in [6.07, 6.45) is 5.97. The van der Waals surface area contributed by atoms with Gasteiger partial charge in [0.1, 0.15) is 11.6 Å². The standard InChI is InChI=1S/C10H16N2O/c1-8(2)9(13)4-3-5-10-11-6-7-12-10/h6-8H,3-5H2,1-2H3,(H,11,12). The molecule has 0 aliphatic rings. The van der Waals surface area contributed by atoms with Gasteiger partial charge < -0.3 is 4.98 Å². The Morgan fingerprint density at radius 3 is 2.92 bits per heavy atom. The average Bonchev–Trinajstić information content (AvgIpc) is 2.56. The number of ketones is 1. The third-order valence-electron chi connectivity index (χ3n) is 2.04. The molecular formula is C10H16N2O. The van der Waals surface area contributed by atoms with Crippen LogP contribution in [0.3, 0.4) is 0 Å². The molecule has 0 aromatic carbocycles. The summed E-state index contributed by atoms with van der Waals surface area (Å²) in [5.74, 6) is 1.47. The molecule has 1 aromatic heterocycles. The molecule has 0 bridgehead atoms. The number of hydrogen-bond donors (Lipinski definition) is 1. The number of aromatic amines is 1. The second-order valence-electron chi connectivity index (χ2n) is 3.51. The van der Waals surface area contributed by atoms with E-state index in [-0.39, 0.29) is 5.92 Å². The SMILES string of the molecule is CC(C)C(=O)CCCc1ncc[nH]1. The lowest BCUT2D eigenvalue weighted by Gasteiger charge is -2.02. The topological polar surface area (TPSA) is 45.8 Å². The number of aryl methyl sites for hydroxylation is 1. The number of rotatable bonds is 5. The third kappa shape index (κ3) is 3.40. The van der Waals surface area contributed by atoms with Gasteiger partial charge in [0.05, 0.1) is 0 Å². The highest BCUT2D eigenvalue weighted by atomic mass is 16.1. The van der Waals surface area contributed by atoms with Crippen LogP contribution in [0.4, 0.5) is 0 Å². The zero-order valence-electron chi connectivity index (χ0n) is 8.21. The zero-order chi connectivity index (χ0) is 9.68. The molecule has 0 aliphatic carbocycles. The number of H-pyrrole nitrogens is 1. The van der Waals surface area contributed by atoms with E-state index in [1.54, 1.807) is 12.4 Å². The van der Waals surface area contributed by atoms with Crippen LogP contribution in [-0.4, -0.2) is 15.8 Å². The monoisotopic (exact) mass is 180 g/mol. The van der Waals surface area contributed by atoms with Crippen molar-refractivity contribution in [2.24, 2.45) is 5.92 Å². The van der Waals surface area contributed by atoms with Crippen molar-refractivity contribution >= 4 is 5.78 Å². The lowest BCUT2D eigenvalue weighted by atomic mass is 10.0. The molecule has 0 amide bonds. The Morgan fingerprint density at radius 1 is 1.62 bits per heavy atom. The van der Waals surface area contributed by atoms with Gasteiger partial charge in [-0.2, -0.15) is 0 Å². The summed E-state index contributed by atoms with van der Waals surface area (Å²) in [6.45, 7) is 3.88. The number of carbonyl (C=O) groups excluding carboxylic acids is 1. The van der Waals surface area contributed by atoms with Crippen LogP contribution in [0, 0.1) is 5.92 Å². The molecular weight excluding hydrogens is 164 g/mol. The second-order valence-corrected chi connectivity index (χ2v) is 3.51. The van der Waals surface area contributed by atoms with Crippen LogP contribution < -0.4 is 0 Å². The molecule has 0 saturated heterocycles. The molecule has 0 unspecified atom stereocenters. The van der Waals surface area contributed by atoms with Crippen molar-refractivity contribution in [3.8, 4) is 0 Å². The highest BCUT2D eigenvalue weighted by molar-refractivity contribution is 5.80. The zero-order valence-corrected chi connectivity index (χ0v) is 8.21. The van der Waals surface area contributed by atoms with Gasteiger partial charge in [-0.1, -0.05) is 13.8 Å². The predicted molar refractivity (Wildman–Crippen MR) is 51.4 cm³/mol. The minimum absolute atomic E-state index is 0.164. The van der Waals surface area contributed by atoms with Crippen LogP contribution in [-0.2, 0) is 11.2 Å². The molecule has 0 atom stereocenters. The van der Waals surface area contributed by atoms with Crippen LogP contribution in [0.2, 0.25) is 0 Å². The second kappa shape index (κ2) is 4.80. The third-order valence-corrected chi connectivity index (χ3v) is 2.04. The van der Waals surface area contributed by atoms with Crippen molar-refractivity contribution in [2.45, 2.75) is 33.1 Å². The summed E-state index contributed by atoms with van der Waals surface area (Å²) < 4.78 is 0. The van der Waals surface area contributed by atoms with Gasteiger partial charge in [0.2, 0.25) is 0 Å². The summed E-state index contributed by atoms with van der Waals surface area (Å²) in [5, 5.41) is 0. The van der Waals surface area contributed by atoms with Crippen LogP contribution in [0.1, 0.15) is 32.5 Å². The molecule has 0 aliphatic heterocycles. The Balaban J connectivity index is 2.18. The fourth-order valence-corrected chi connectivity index (χ4v) is 1.15. The number of nitrogens with zero attached hydrogens (tertiary/aromatic N) is 1. The first-order chi connectivity index (χ1) is 6.20. The number of aromatic nitrogens is 2. The number of Topliss-reactive ketones (excluding diaryl/α,β-unsaturated/α-hetero) is 1. The maximum atomic E-state index is 11.2. The number of carbonyl (C=O) groups is 1. The molecule has 1 N–H and O–H groups in total. The van der Waals surface area contributed by atoms with E-state index >= 15 is 0 Å². The number of imidazole rings is 1. The molecule has 1 aromatic rings. The van der Waals surface area contributed by atoms with Gasteiger partial charge in [-0.05, 0) is 6.42 Å². The molecule has 3 nitrogen and oxygen atoms in total. The van der Waals surface area contributed by atoms with E-state index in [0.717, 1.165) is 18.7 Å². The van der Waals surface area contributed by atoms with E-state index in [1.165, 1.54) is 0 Å². The maximum absolute atomic E-state index is 11.2. The molecule has 1 heterocycles. The van der Waals surface area contributed by atoms with Crippen LogP contribution in [0.5, 0.6) is 0 Å². The first-order valence-corrected chi connectivity index (χ1v) is 4.71. The maximum Gasteiger partial charge on any atom is 0.135 e. The van der Waals surface area contributed by atoms with E-state index in [4.69, 9.17) is 0 Å². The number of hydrogen-bond acceptors (Lipinski definition) is 2. The van der Waals surface area contributed by atoms with Crippen LogP contribution in [0.25, 0.3) is 0 Å². The first kappa shape index (κ1) is 9.96. The fourth-order valence-electron chi connectivity index (χ4n) is 1.15. The van der Waals surface area contributed by atoms with Gasteiger partial charge in [0.25, 0.3) is 0 Å². The Bertz CT molecular complexity index is 252. The Labute approximate surface area is 78.6 Å². The van der Waals surface area contributed by atoms with Gasteiger partial charge in [-0.15, -0.1) is 0 Å². The van der Waals surface area contributed by atoms with Crippen molar-refractivity contribution in [3.05, 3.63) is 18.2 Å². The minimum Gasteiger partial charge on any atom is -0.349 e. The molecule has 72 valence electrons. The summed E-state index contributed by atoms with van der Waals surface area (Å²) in [7, 11) is 0. The lowest BCUT2D eigenvalue weighted by Crippen LogP contribution is -2.06. The summed E-state index contributed by atoms with van der Waals surface area (Å²) >= 11 is 0. The Hall–Kier alpha value is -1.12. The first-order valence-electron chi connectivity index (χ1n) is 4.71. The van der Waals surface area contributed by atoms with Crippen molar-refractivity contribution in [2.75, 3.05) is 0 Å². The number of nitrogens with one attached hydrogen (secondary N) is 1. The molecule has 0 radical (unpaired) electrons. The molecule has 1 rings (SSSR count). The van der Waals surface area contributed by atoms with Gasteiger partial charge in [-0.3, -0.25) is 4.79 Å². The van der Waals surface area contributed by atoms with Gasteiger partial charge >= 0.3 is 0 Å². The van der Waals surface area contributed by atoms with Crippen molar-refractivity contribution in [3.63, 3.8) is 0 Å². The summed E-state index contributed by atoms with van der Waals surface area (Å²) in [6, 6.07) is 0. The molecule has 0 fully saturated rings. The Morgan fingerprint density at radius 2 is 2.38 bits per heavy atom. The highest BCUT2D eigenvalue weighted by Gasteiger charge is 2.06. The molecule has 13 heavy (non-hydrogen) atoms. The average molecular weight is 180 g/mol. The minimum atomic E-state index is 0.164. The normalized spacial score (nSPS) is 10.7. The van der Waals surface area contributed by atoms with E-state index in [2.05, 4.69) is 9.97 Å². The van der Waals surface area contributed by atoms with Gasteiger partial charge in [0, 0.05) is 31.2 Å². The van der Waals surface area contributed by atoms with Crippen molar-refractivity contribution < 1.29 is 4.79 Å². The summed E-state index contributed by atoms with van der Waals surface area (Å²) in [5.41, 5.74) is 0. The quantitative estimate of drug-likeness (QED) is 0.752. The van der Waals surface area contributed by atoms with E-state index in [0.29, 0.717) is 12.2 Å². The Kier molecular flexibility index (Phi) is 3.68. The lowest BCUT2D eigenvalue weighted by molar-refractivity contribution is -0.121. The van der Waals surface area contributed by atoms with Crippen molar-refractivity contribution in [1.29, 1.82) is 0 Å². The van der Waals surface area contributed by atoms with Crippen LogP contribution in [0.15, 0.2) is 12.4 Å². The van der Waals surface area contributed by atoms with Gasteiger partial charge in [0.15, 0.2) is 0 Å². The smallest absolute Gasteiger partial charge is 0.135 e. The van der Waals surface area contributed by atoms with Crippen LogP contribution >= 0.6 is 0 Å². The van der Waals surface area contributed by atoms with E-state index < -0.39 is 0 Å². The van der Waals surface area contributed by atoms with E-state index in [1.807, 2.05) is 13.8 Å². The molecule has 0 saturated carbocycles. The van der Waals surface area contributed by atoms with Gasteiger partial charge in [-0.25, -0.2) is 4.98 Å². The van der Waals surface area contributed by atoms with E-state index in [9.17, 15) is 4.79 Å². The fraction of sp³-hybridized carbons (Fsp3) is 0.600.